The number of aliphatic hydroxyl groups excluding tert-OH is 1. The molecule has 4 radical (unpaired) electrons. The second-order valence-electron chi connectivity index (χ2n) is 5.65. The van der Waals surface area contributed by atoms with Crippen molar-refractivity contribution in [2.75, 3.05) is 0 Å². The summed E-state index contributed by atoms with van der Waals surface area (Å²) in [6.45, 7) is 38.3. The van der Waals surface area contributed by atoms with Gasteiger partial charge in [0.25, 0.3) is 5.97 Å². The molecule has 0 heterocycles. The summed E-state index contributed by atoms with van der Waals surface area (Å²) in [5.74, 6) is -1.64. The number of hydrogen-bond donors (Lipinski definition) is 2. The molecule has 0 fully saturated rings. The molecule has 0 aromatic carbocycles. The number of carbonyl (C=O) groups is 3. The van der Waals surface area contributed by atoms with E-state index < -0.39 is 18.0 Å². The zero-order chi connectivity index (χ0) is 24.5. The van der Waals surface area contributed by atoms with Gasteiger partial charge in [-0.15, -0.1) is 19.1 Å². The number of rotatable bonds is 4. The van der Waals surface area contributed by atoms with Crippen LogP contribution in [0.5, 0.6) is 0 Å². The van der Waals surface area contributed by atoms with Crippen molar-refractivity contribution in [1.82, 2.24) is 0 Å². The van der Waals surface area contributed by atoms with E-state index in [9.17, 15) is 14.4 Å². The molecule has 5 nitrogen and oxygen atoms in total. The van der Waals surface area contributed by atoms with Crippen LogP contribution in [0.3, 0.4) is 0 Å². The maximum atomic E-state index is 9.97. The summed E-state index contributed by atoms with van der Waals surface area (Å²) in [6, 6.07) is 0. The van der Waals surface area contributed by atoms with E-state index in [1.54, 1.807) is 6.92 Å². The van der Waals surface area contributed by atoms with Crippen LogP contribution < -0.4 is 0 Å². The van der Waals surface area contributed by atoms with E-state index in [2.05, 4.69) is 75.5 Å². The monoisotopic (exact) mass is 770 g/mol. The Kier molecular flexibility index (Phi) is 127. The number of carboxylic acid groups (broad SMARTS) is 1. The standard InChI is InChI=1S/C5H10O.C5H8O.C4H7O2.C4H6O.C3H8.C2H4.CH3.4Y/c2*1-4(2)5(3)6;1-3(2)4(5)6;1-3-4(2)5;1-3-2;1-2;;;;;/h4-6H,1,3H2,2H3;4H,1,3H2,2H3;3H,1H2,2H3,(H,5,6);1-3H2;3H2,1-2H3;1-2H2;1H3;;;;/q2*-2;-1;-2;;;-1;;;;. The summed E-state index contributed by atoms with van der Waals surface area (Å²) >= 11 is 0. The van der Waals surface area contributed by atoms with Gasteiger partial charge in [0.05, 0.1) is 0 Å². The number of carbonyl (C=O) groups excluding carboxylic acids is 2. The molecule has 0 spiro atoms. The Morgan fingerprint density at radius 1 is 0.818 bits per heavy atom. The number of carboxylic acids is 1. The van der Waals surface area contributed by atoms with Crippen LogP contribution in [0.1, 0.15) is 47.5 Å². The minimum absolute atomic E-state index is 0. The molecule has 0 amide bonds. The van der Waals surface area contributed by atoms with Crippen molar-refractivity contribution in [2.24, 2.45) is 17.8 Å². The number of hydrogen-bond acceptors (Lipinski definition) is 4. The van der Waals surface area contributed by atoms with Gasteiger partial charge in [0.2, 0.25) is 0 Å². The van der Waals surface area contributed by atoms with Gasteiger partial charge in [-0.1, -0.05) is 53.1 Å². The SMILES string of the molecule is C=C.CCC.[CH2-]C(=O)C([CH2-])C.[CH2-]C(C)C(=O)O.[CH2-]C(C)C([CH2-])O.[CH2-]CC([CH2-])=O.[CH3-].[Y].[Y].[Y].[Y]. The third-order valence-electron chi connectivity index (χ3n) is 1.91. The zero-order valence-corrected chi connectivity index (χ0v) is 33.4. The van der Waals surface area contributed by atoms with Gasteiger partial charge < -0.3 is 75.7 Å². The molecule has 0 aromatic heterocycles. The van der Waals surface area contributed by atoms with Gasteiger partial charge >= 0.3 is 0 Å². The van der Waals surface area contributed by atoms with E-state index in [1.165, 1.54) is 13.3 Å². The minimum Gasteiger partial charge on any atom is -0.483 e. The third kappa shape index (κ3) is 133. The zero-order valence-electron chi connectivity index (χ0n) is 22.0. The Morgan fingerprint density at radius 2 is 0.939 bits per heavy atom. The summed E-state index contributed by atoms with van der Waals surface area (Å²) in [6.07, 6.45) is 1.05. The van der Waals surface area contributed by atoms with Gasteiger partial charge in [-0.05, 0) is 11.6 Å². The predicted molar refractivity (Wildman–Crippen MR) is 127 cm³/mol. The molecule has 9 heteroatoms. The first-order valence-corrected chi connectivity index (χ1v) is 8.84. The molecular weight excluding hydrogens is 724 g/mol. The smallest absolute Gasteiger partial charge is 0.275 e. The van der Waals surface area contributed by atoms with Gasteiger partial charge in [-0.2, -0.15) is 12.3 Å². The van der Waals surface area contributed by atoms with Gasteiger partial charge in [-0.25, -0.2) is 0 Å². The number of aliphatic hydroxyl groups is 1. The van der Waals surface area contributed by atoms with Crippen LogP contribution in [0, 0.1) is 73.6 Å². The fraction of sp³-hybridized carbons (Fsp3) is 0.458. The predicted octanol–water partition coefficient (Wildman–Crippen LogP) is 5.33. The van der Waals surface area contributed by atoms with Crippen LogP contribution in [0.4, 0.5) is 0 Å². The molecule has 4 unspecified atom stereocenters. The molecule has 0 rings (SSSR count). The average Bonchev–Trinajstić information content (AvgIpc) is 2.58. The number of aliphatic carboxylic acids is 1. The molecule has 0 saturated carbocycles. The second-order valence-corrected chi connectivity index (χ2v) is 5.65. The van der Waals surface area contributed by atoms with Crippen molar-refractivity contribution in [3.63, 3.8) is 0 Å². The Labute approximate surface area is 308 Å². The quantitative estimate of drug-likeness (QED) is 0.299. The molecule has 33 heavy (non-hydrogen) atoms. The van der Waals surface area contributed by atoms with E-state index in [0.717, 1.165) is 0 Å². The number of Topliss-reactive ketones (excluding diaryl/α,β-unsaturated/α-hetero) is 2. The summed E-state index contributed by atoms with van der Waals surface area (Å²) in [7, 11) is 0. The molecule has 0 aliphatic heterocycles. The summed E-state index contributed by atoms with van der Waals surface area (Å²) in [5, 5.41) is 16.4. The van der Waals surface area contributed by atoms with Crippen LogP contribution in [-0.4, -0.2) is 33.9 Å². The molecule has 0 aliphatic carbocycles. The topological polar surface area (TPSA) is 91.7 Å². The van der Waals surface area contributed by atoms with Crippen molar-refractivity contribution < 1.29 is 155 Å². The van der Waals surface area contributed by atoms with Crippen molar-refractivity contribution in [1.29, 1.82) is 0 Å². The van der Waals surface area contributed by atoms with Crippen LogP contribution >= 0.6 is 0 Å². The van der Waals surface area contributed by atoms with Crippen LogP contribution in [0.15, 0.2) is 13.2 Å². The Balaban J connectivity index is -0.0000000195. The maximum absolute atomic E-state index is 9.97. The molecule has 0 aliphatic rings. The normalized spacial score (nSPS) is 10.4. The minimum atomic E-state index is -0.852. The third-order valence-corrected chi connectivity index (χ3v) is 1.91. The van der Waals surface area contributed by atoms with E-state index in [0.29, 0.717) is 6.42 Å². The second kappa shape index (κ2) is 59.6. The largest absolute Gasteiger partial charge is 0.483 e. The van der Waals surface area contributed by atoms with E-state index in [1.807, 2.05) is 6.92 Å². The van der Waals surface area contributed by atoms with Crippen molar-refractivity contribution in [2.45, 2.75) is 53.6 Å². The van der Waals surface area contributed by atoms with Crippen molar-refractivity contribution >= 4 is 17.5 Å². The fourth-order valence-electron chi connectivity index (χ4n) is 0. The number of ketones is 2. The average molecular weight is 770 g/mol. The first-order chi connectivity index (χ1) is 12.6. The van der Waals surface area contributed by atoms with Gasteiger partial charge in [0.1, 0.15) is 0 Å². The van der Waals surface area contributed by atoms with Crippen molar-refractivity contribution in [3.05, 3.63) is 69.1 Å². The molecule has 4 atom stereocenters. The molecule has 192 valence electrons. The Bertz CT molecular complexity index is 326. The van der Waals surface area contributed by atoms with Crippen molar-refractivity contribution in [3.8, 4) is 0 Å². The fourth-order valence-corrected chi connectivity index (χ4v) is 0. The van der Waals surface area contributed by atoms with Gasteiger partial charge in [0.15, 0.2) is 0 Å². The van der Waals surface area contributed by atoms with Crippen LogP contribution in [0.25, 0.3) is 0 Å². The van der Waals surface area contributed by atoms with Gasteiger partial charge in [0, 0.05) is 131 Å². The molecular formula is C24H46O5Y4-8. The summed E-state index contributed by atoms with van der Waals surface area (Å²) in [4.78, 5) is 29.2. The Morgan fingerprint density at radius 3 is 0.939 bits per heavy atom. The summed E-state index contributed by atoms with van der Waals surface area (Å²) < 4.78 is 0. The molecule has 2 N–H and O–H groups in total. The first kappa shape index (κ1) is 70.4. The van der Waals surface area contributed by atoms with E-state index >= 15 is 0 Å². The van der Waals surface area contributed by atoms with E-state index in [4.69, 9.17) is 10.2 Å². The maximum Gasteiger partial charge on any atom is 0.275 e. The van der Waals surface area contributed by atoms with E-state index in [-0.39, 0.29) is 162 Å². The molecule has 0 bridgehead atoms. The molecule has 0 saturated heterocycles. The molecule has 0 aromatic rings. The van der Waals surface area contributed by atoms with Crippen LogP contribution in [-0.2, 0) is 145 Å². The van der Waals surface area contributed by atoms with Crippen LogP contribution in [0.2, 0.25) is 0 Å². The summed E-state index contributed by atoms with van der Waals surface area (Å²) in [5.41, 5.74) is 0. The first-order valence-electron chi connectivity index (χ1n) is 8.84. The van der Waals surface area contributed by atoms with Gasteiger partial charge in [-0.3, -0.25) is 4.79 Å². The Hall–Kier alpha value is 2.67.